The van der Waals surface area contributed by atoms with Crippen LogP contribution in [-0.2, 0) is 0 Å². The third-order valence-electron chi connectivity index (χ3n) is 3.87. The van der Waals surface area contributed by atoms with E-state index in [2.05, 4.69) is 11.1 Å². The minimum absolute atomic E-state index is 0. The van der Waals surface area contributed by atoms with Gasteiger partial charge in [-0.1, -0.05) is 47.1 Å². The first-order valence-corrected chi connectivity index (χ1v) is 9.78. The van der Waals surface area contributed by atoms with Crippen molar-refractivity contribution >= 4 is 68.6 Å². The Morgan fingerprint density at radius 2 is 2.00 bits per heavy atom. The highest BCUT2D eigenvalue weighted by atomic mass is 79.9. The summed E-state index contributed by atoms with van der Waals surface area (Å²) >= 11 is 13.7. The molecule has 0 amide bonds. The molecular formula is C19H19BrCl2N2OS. The predicted molar refractivity (Wildman–Crippen MR) is 119 cm³/mol. The molecule has 1 heterocycles. The van der Waals surface area contributed by atoms with Crippen LogP contribution in [0.5, 0.6) is 0 Å². The zero-order chi connectivity index (χ0) is 17.8. The smallest absolute Gasteiger partial charge is 0.182 e. The van der Waals surface area contributed by atoms with Gasteiger partial charge in [0.1, 0.15) is 0 Å². The standard InChI is InChI=1S/C19H18Cl2N2OS.BrH/c1-13-4-2-5-15(10-13)23(19-22-8-3-9-25-19)12-18(24)14-6-7-16(20)17(21)11-14;/h2,4-7,10-11H,3,8-9,12H2,1H3;1H. The van der Waals surface area contributed by atoms with Gasteiger partial charge in [0.25, 0.3) is 0 Å². The second kappa shape index (κ2) is 9.79. The topological polar surface area (TPSA) is 32.7 Å². The maximum atomic E-state index is 12.8. The Balaban J connectivity index is 0.00000243. The van der Waals surface area contributed by atoms with Crippen molar-refractivity contribution in [1.29, 1.82) is 0 Å². The van der Waals surface area contributed by atoms with Crippen molar-refractivity contribution in [3.05, 3.63) is 63.6 Å². The molecule has 0 unspecified atom stereocenters. The molecule has 0 fully saturated rings. The molecule has 26 heavy (non-hydrogen) atoms. The molecule has 0 aromatic heterocycles. The number of amidine groups is 1. The zero-order valence-corrected chi connectivity index (χ0v) is 18.3. The summed E-state index contributed by atoms with van der Waals surface area (Å²) in [5.41, 5.74) is 2.67. The number of rotatable bonds is 4. The van der Waals surface area contributed by atoms with Gasteiger partial charge in [-0.15, -0.1) is 17.0 Å². The van der Waals surface area contributed by atoms with Crippen molar-refractivity contribution in [2.45, 2.75) is 13.3 Å². The van der Waals surface area contributed by atoms with E-state index in [-0.39, 0.29) is 29.3 Å². The van der Waals surface area contributed by atoms with E-state index in [1.54, 1.807) is 30.0 Å². The van der Waals surface area contributed by atoms with Gasteiger partial charge in [-0.25, -0.2) is 0 Å². The Kier molecular flexibility index (Phi) is 8.02. The molecule has 0 aliphatic carbocycles. The fourth-order valence-corrected chi connectivity index (χ4v) is 3.84. The first kappa shape index (κ1) is 21.3. The largest absolute Gasteiger partial charge is 0.313 e. The minimum Gasteiger partial charge on any atom is -0.313 e. The van der Waals surface area contributed by atoms with Crippen LogP contribution in [0, 0.1) is 6.92 Å². The van der Waals surface area contributed by atoms with Crippen LogP contribution in [0.1, 0.15) is 22.3 Å². The lowest BCUT2D eigenvalue weighted by atomic mass is 10.1. The van der Waals surface area contributed by atoms with Crippen LogP contribution < -0.4 is 4.90 Å². The average Bonchev–Trinajstić information content (AvgIpc) is 2.62. The number of anilines is 1. The molecule has 0 saturated heterocycles. The van der Waals surface area contributed by atoms with Crippen LogP contribution in [0.15, 0.2) is 47.5 Å². The number of nitrogens with zero attached hydrogens (tertiary/aromatic N) is 2. The van der Waals surface area contributed by atoms with Crippen LogP contribution in [-0.4, -0.2) is 29.8 Å². The molecule has 0 N–H and O–H groups in total. The number of ketones is 1. The number of carbonyl (C=O) groups excluding carboxylic acids is 1. The van der Waals surface area contributed by atoms with Crippen LogP contribution in [0.25, 0.3) is 0 Å². The maximum Gasteiger partial charge on any atom is 0.182 e. The molecule has 1 aliphatic rings. The van der Waals surface area contributed by atoms with E-state index in [4.69, 9.17) is 23.2 Å². The maximum absolute atomic E-state index is 12.8. The summed E-state index contributed by atoms with van der Waals surface area (Å²) in [6, 6.07) is 13.1. The predicted octanol–water partition coefficient (Wildman–Crippen LogP) is 6.06. The van der Waals surface area contributed by atoms with Crippen molar-refractivity contribution in [3.8, 4) is 0 Å². The van der Waals surface area contributed by atoms with Gasteiger partial charge in [0.05, 0.1) is 16.6 Å². The van der Waals surface area contributed by atoms with E-state index < -0.39 is 0 Å². The molecule has 3 rings (SSSR count). The molecule has 2 aromatic carbocycles. The van der Waals surface area contributed by atoms with Gasteiger partial charge in [0.2, 0.25) is 0 Å². The van der Waals surface area contributed by atoms with Gasteiger partial charge in [-0.2, -0.15) is 0 Å². The second-order valence-electron chi connectivity index (χ2n) is 5.84. The van der Waals surface area contributed by atoms with E-state index in [0.717, 1.165) is 35.1 Å². The molecule has 3 nitrogen and oxygen atoms in total. The lowest BCUT2D eigenvalue weighted by Gasteiger charge is -2.27. The number of aryl methyl sites for hydroxylation is 1. The van der Waals surface area contributed by atoms with E-state index in [0.29, 0.717) is 15.6 Å². The molecule has 0 saturated carbocycles. The third-order valence-corrected chi connectivity index (χ3v) is 5.71. The van der Waals surface area contributed by atoms with Gasteiger partial charge in [-0.05, 0) is 49.2 Å². The molecule has 0 spiro atoms. The van der Waals surface area contributed by atoms with Crippen molar-refractivity contribution in [3.63, 3.8) is 0 Å². The average molecular weight is 474 g/mol. The van der Waals surface area contributed by atoms with Gasteiger partial charge in [0.15, 0.2) is 11.0 Å². The number of thioether (sulfide) groups is 1. The van der Waals surface area contributed by atoms with Crippen LogP contribution in [0.3, 0.4) is 0 Å². The monoisotopic (exact) mass is 472 g/mol. The molecule has 1 aliphatic heterocycles. The van der Waals surface area contributed by atoms with Crippen molar-refractivity contribution < 1.29 is 4.79 Å². The molecule has 0 radical (unpaired) electrons. The Labute approximate surface area is 178 Å². The molecule has 2 aromatic rings. The number of Topliss-reactive ketones (excluding diaryl/α,β-unsaturated/α-hetero) is 1. The van der Waals surface area contributed by atoms with Crippen LogP contribution in [0.2, 0.25) is 10.0 Å². The molecule has 0 atom stereocenters. The van der Waals surface area contributed by atoms with Crippen LogP contribution in [0.4, 0.5) is 5.69 Å². The summed E-state index contributed by atoms with van der Waals surface area (Å²) in [5.74, 6) is 0.996. The van der Waals surface area contributed by atoms with E-state index in [1.165, 1.54) is 0 Å². The number of aliphatic imine (C=N–C) groups is 1. The Morgan fingerprint density at radius 1 is 1.19 bits per heavy atom. The number of halogens is 3. The van der Waals surface area contributed by atoms with Crippen molar-refractivity contribution in [1.82, 2.24) is 0 Å². The fraction of sp³-hybridized carbons (Fsp3) is 0.263. The Morgan fingerprint density at radius 3 is 2.65 bits per heavy atom. The highest BCUT2D eigenvalue weighted by Gasteiger charge is 2.21. The lowest BCUT2D eigenvalue weighted by Crippen LogP contribution is -2.35. The van der Waals surface area contributed by atoms with Crippen molar-refractivity contribution in [2.24, 2.45) is 4.99 Å². The summed E-state index contributed by atoms with van der Waals surface area (Å²) in [6.45, 7) is 3.05. The summed E-state index contributed by atoms with van der Waals surface area (Å²) in [4.78, 5) is 19.4. The third kappa shape index (κ3) is 5.26. The zero-order valence-electron chi connectivity index (χ0n) is 14.2. The summed E-state index contributed by atoms with van der Waals surface area (Å²) in [6.07, 6.45) is 1.07. The van der Waals surface area contributed by atoms with Gasteiger partial charge in [0, 0.05) is 23.5 Å². The first-order valence-electron chi connectivity index (χ1n) is 8.04. The molecular weight excluding hydrogens is 455 g/mol. The quantitative estimate of drug-likeness (QED) is 0.505. The highest BCUT2D eigenvalue weighted by molar-refractivity contribution is 8.93. The van der Waals surface area contributed by atoms with E-state index in [9.17, 15) is 4.79 Å². The second-order valence-corrected chi connectivity index (χ2v) is 7.72. The normalized spacial score (nSPS) is 13.6. The summed E-state index contributed by atoms with van der Waals surface area (Å²) in [7, 11) is 0. The minimum atomic E-state index is -0.0195. The number of hydrogen-bond donors (Lipinski definition) is 0. The highest BCUT2D eigenvalue weighted by Crippen LogP contribution is 2.26. The van der Waals surface area contributed by atoms with E-state index in [1.807, 2.05) is 30.0 Å². The van der Waals surface area contributed by atoms with Crippen LogP contribution >= 0.6 is 51.9 Å². The van der Waals surface area contributed by atoms with Gasteiger partial charge >= 0.3 is 0 Å². The van der Waals surface area contributed by atoms with Gasteiger partial charge in [-0.3, -0.25) is 9.79 Å². The van der Waals surface area contributed by atoms with Gasteiger partial charge < -0.3 is 4.90 Å². The summed E-state index contributed by atoms with van der Waals surface area (Å²) < 4.78 is 0. The fourth-order valence-electron chi connectivity index (χ4n) is 2.58. The molecule has 7 heteroatoms. The number of carbonyl (C=O) groups is 1. The first-order chi connectivity index (χ1) is 12.0. The number of hydrogen-bond acceptors (Lipinski definition) is 4. The SMILES string of the molecule is Br.Cc1cccc(N(CC(=O)c2ccc(Cl)c(Cl)c2)C2=NCCCS2)c1. The van der Waals surface area contributed by atoms with E-state index >= 15 is 0 Å². The number of benzene rings is 2. The molecule has 0 bridgehead atoms. The Bertz CT molecular complexity index is 829. The Hall–Kier alpha value is -1.01. The molecule has 138 valence electrons. The lowest BCUT2D eigenvalue weighted by molar-refractivity contribution is 0.100. The summed E-state index contributed by atoms with van der Waals surface area (Å²) in [5, 5.41) is 1.73. The van der Waals surface area contributed by atoms with Crippen molar-refractivity contribution in [2.75, 3.05) is 23.7 Å².